The molecule has 2 heterocycles. The molecule has 0 unspecified atom stereocenters. The lowest BCUT2D eigenvalue weighted by Gasteiger charge is -2.07. The van der Waals surface area contributed by atoms with E-state index in [-0.39, 0.29) is 0 Å². The fourth-order valence-electron chi connectivity index (χ4n) is 1.46. The highest BCUT2D eigenvalue weighted by Gasteiger charge is 2.09. The predicted molar refractivity (Wildman–Crippen MR) is 61.6 cm³/mol. The normalized spacial score (nSPS) is 10.4. The molecule has 0 radical (unpaired) electrons. The Bertz CT molecular complexity index is 495. The number of aromatic nitrogens is 4. The van der Waals surface area contributed by atoms with E-state index in [2.05, 4.69) is 19.9 Å². The van der Waals surface area contributed by atoms with Gasteiger partial charge in [0.25, 0.3) is 0 Å². The van der Waals surface area contributed by atoms with Gasteiger partial charge in [-0.2, -0.15) is 0 Å². The Kier molecular flexibility index (Phi) is 2.76. The van der Waals surface area contributed by atoms with Crippen LogP contribution < -0.4 is 5.73 Å². The van der Waals surface area contributed by atoms with Crippen molar-refractivity contribution >= 4 is 5.82 Å². The molecule has 0 spiro atoms. The third-order valence-electron chi connectivity index (χ3n) is 2.41. The van der Waals surface area contributed by atoms with Crippen LogP contribution in [0.15, 0.2) is 18.6 Å². The number of hydrogen-bond donors (Lipinski definition) is 1. The van der Waals surface area contributed by atoms with Gasteiger partial charge in [-0.15, -0.1) is 0 Å². The van der Waals surface area contributed by atoms with Crippen molar-refractivity contribution in [3.63, 3.8) is 0 Å². The number of anilines is 1. The Labute approximate surface area is 93.8 Å². The van der Waals surface area contributed by atoms with E-state index < -0.39 is 0 Å². The molecule has 16 heavy (non-hydrogen) atoms. The quantitative estimate of drug-likeness (QED) is 0.819. The molecule has 5 heteroatoms. The fraction of sp³-hybridized carbons (Fsp3) is 0.273. The first-order valence-corrected chi connectivity index (χ1v) is 5.11. The van der Waals surface area contributed by atoms with Crippen molar-refractivity contribution in [2.75, 3.05) is 5.73 Å². The lowest BCUT2D eigenvalue weighted by molar-refractivity contribution is 0.973. The predicted octanol–water partition coefficient (Wildman–Crippen LogP) is 1.39. The van der Waals surface area contributed by atoms with Crippen molar-refractivity contribution in [3.05, 3.63) is 29.8 Å². The lowest BCUT2D eigenvalue weighted by Crippen LogP contribution is -2.04. The van der Waals surface area contributed by atoms with Gasteiger partial charge < -0.3 is 5.73 Å². The van der Waals surface area contributed by atoms with Crippen LogP contribution in [0.25, 0.3) is 11.5 Å². The molecule has 0 aromatic carbocycles. The zero-order valence-corrected chi connectivity index (χ0v) is 9.31. The summed E-state index contributed by atoms with van der Waals surface area (Å²) in [5, 5.41) is 0. The second kappa shape index (κ2) is 4.22. The first-order valence-electron chi connectivity index (χ1n) is 5.11. The van der Waals surface area contributed by atoms with Crippen LogP contribution >= 0.6 is 0 Å². The van der Waals surface area contributed by atoms with Gasteiger partial charge in [0.05, 0.1) is 6.20 Å². The molecule has 0 aliphatic rings. The van der Waals surface area contributed by atoms with Gasteiger partial charge in [0, 0.05) is 23.7 Å². The molecule has 2 N–H and O–H groups in total. The zero-order chi connectivity index (χ0) is 11.5. The minimum absolute atomic E-state index is 0.507. The maximum Gasteiger partial charge on any atom is 0.182 e. The van der Waals surface area contributed by atoms with E-state index in [9.17, 15) is 0 Å². The van der Waals surface area contributed by atoms with Crippen LogP contribution in [0.3, 0.4) is 0 Å². The van der Waals surface area contributed by atoms with E-state index in [4.69, 9.17) is 5.73 Å². The third-order valence-corrected chi connectivity index (χ3v) is 2.41. The lowest BCUT2D eigenvalue weighted by atomic mass is 10.2. The van der Waals surface area contributed by atoms with Gasteiger partial charge in [0.15, 0.2) is 5.82 Å². The summed E-state index contributed by atoms with van der Waals surface area (Å²) in [4.78, 5) is 16.8. The fourth-order valence-corrected chi connectivity index (χ4v) is 1.46. The largest absolute Gasteiger partial charge is 0.383 e. The molecule has 0 saturated carbocycles. The van der Waals surface area contributed by atoms with E-state index in [1.54, 1.807) is 18.6 Å². The Hall–Kier alpha value is -2.04. The molecule has 2 rings (SSSR count). The Balaban J connectivity index is 2.55. The highest BCUT2D eigenvalue weighted by molar-refractivity contribution is 5.53. The van der Waals surface area contributed by atoms with Gasteiger partial charge in [-0.1, -0.05) is 6.92 Å². The Morgan fingerprint density at radius 2 is 2.06 bits per heavy atom. The van der Waals surface area contributed by atoms with E-state index in [1.807, 2.05) is 13.8 Å². The van der Waals surface area contributed by atoms with Crippen LogP contribution in [0.4, 0.5) is 5.82 Å². The van der Waals surface area contributed by atoms with Crippen LogP contribution in [0.1, 0.15) is 18.2 Å². The molecule has 2 aromatic heterocycles. The average Bonchev–Trinajstić information content (AvgIpc) is 2.33. The summed E-state index contributed by atoms with van der Waals surface area (Å²) in [5.74, 6) is 1.04. The maximum atomic E-state index is 5.84. The van der Waals surface area contributed by atoms with Crippen molar-refractivity contribution in [1.29, 1.82) is 0 Å². The number of aryl methyl sites for hydroxylation is 1. The molecule has 0 aliphatic heterocycles. The second-order valence-electron chi connectivity index (χ2n) is 3.45. The Morgan fingerprint density at radius 1 is 1.25 bits per heavy atom. The minimum atomic E-state index is 0.507. The van der Waals surface area contributed by atoms with E-state index in [0.29, 0.717) is 17.3 Å². The average molecular weight is 215 g/mol. The highest BCUT2D eigenvalue weighted by Crippen LogP contribution is 2.18. The van der Waals surface area contributed by atoms with Crippen molar-refractivity contribution in [2.45, 2.75) is 20.3 Å². The first kappa shape index (κ1) is 10.5. The van der Waals surface area contributed by atoms with Gasteiger partial charge in [0.1, 0.15) is 11.5 Å². The number of rotatable bonds is 2. The standard InChI is InChI=1S/C11H13N5/c1-3-8-7(2)10(12)16-11(15-8)9-6-13-4-5-14-9/h4-6H,3H2,1-2H3,(H2,12,15,16). The molecule has 0 amide bonds. The highest BCUT2D eigenvalue weighted by atomic mass is 15.0. The third kappa shape index (κ3) is 1.84. The molecule has 0 bridgehead atoms. The van der Waals surface area contributed by atoms with E-state index in [0.717, 1.165) is 17.7 Å². The van der Waals surface area contributed by atoms with E-state index >= 15 is 0 Å². The number of nitrogens with zero attached hydrogens (tertiary/aromatic N) is 4. The molecule has 0 atom stereocenters. The van der Waals surface area contributed by atoms with Crippen LogP contribution in [-0.2, 0) is 6.42 Å². The molecule has 0 fully saturated rings. The summed E-state index contributed by atoms with van der Waals surface area (Å²) in [6.07, 6.45) is 5.68. The Morgan fingerprint density at radius 3 is 2.69 bits per heavy atom. The molecular formula is C11H13N5. The molecule has 82 valence electrons. The van der Waals surface area contributed by atoms with Gasteiger partial charge in [-0.3, -0.25) is 4.98 Å². The topological polar surface area (TPSA) is 77.6 Å². The molecule has 5 nitrogen and oxygen atoms in total. The SMILES string of the molecule is CCc1nc(-c2cnccn2)nc(N)c1C. The summed E-state index contributed by atoms with van der Waals surface area (Å²) in [7, 11) is 0. The molecule has 2 aromatic rings. The maximum absolute atomic E-state index is 5.84. The van der Waals surface area contributed by atoms with Gasteiger partial charge >= 0.3 is 0 Å². The summed E-state index contributed by atoms with van der Waals surface area (Å²) < 4.78 is 0. The molecule has 0 saturated heterocycles. The smallest absolute Gasteiger partial charge is 0.182 e. The number of hydrogen-bond acceptors (Lipinski definition) is 5. The minimum Gasteiger partial charge on any atom is -0.383 e. The molecule has 0 aliphatic carbocycles. The van der Waals surface area contributed by atoms with E-state index in [1.165, 1.54) is 0 Å². The van der Waals surface area contributed by atoms with Crippen LogP contribution in [0.2, 0.25) is 0 Å². The van der Waals surface area contributed by atoms with Crippen molar-refractivity contribution in [1.82, 2.24) is 19.9 Å². The summed E-state index contributed by atoms with van der Waals surface area (Å²) in [5.41, 5.74) is 8.37. The second-order valence-corrected chi connectivity index (χ2v) is 3.45. The molecular weight excluding hydrogens is 202 g/mol. The van der Waals surface area contributed by atoms with Crippen LogP contribution in [0, 0.1) is 6.92 Å². The van der Waals surface area contributed by atoms with Crippen molar-refractivity contribution in [3.8, 4) is 11.5 Å². The van der Waals surface area contributed by atoms with Crippen LogP contribution in [0.5, 0.6) is 0 Å². The van der Waals surface area contributed by atoms with Gasteiger partial charge in [-0.25, -0.2) is 15.0 Å². The number of nitrogens with two attached hydrogens (primary N) is 1. The summed E-state index contributed by atoms with van der Waals surface area (Å²) >= 11 is 0. The first-order chi connectivity index (χ1) is 7.72. The zero-order valence-electron chi connectivity index (χ0n) is 9.31. The van der Waals surface area contributed by atoms with Gasteiger partial charge in [-0.05, 0) is 13.3 Å². The van der Waals surface area contributed by atoms with Crippen molar-refractivity contribution in [2.24, 2.45) is 0 Å². The number of nitrogen functional groups attached to an aromatic ring is 1. The van der Waals surface area contributed by atoms with Crippen molar-refractivity contribution < 1.29 is 0 Å². The summed E-state index contributed by atoms with van der Waals surface area (Å²) in [6.45, 7) is 3.96. The van der Waals surface area contributed by atoms with Crippen LogP contribution in [-0.4, -0.2) is 19.9 Å². The monoisotopic (exact) mass is 215 g/mol. The summed E-state index contributed by atoms with van der Waals surface area (Å²) in [6, 6.07) is 0. The van der Waals surface area contributed by atoms with Gasteiger partial charge in [0.2, 0.25) is 0 Å².